The monoisotopic (exact) mass is 523 g/mol. The fourth-order valence-corrected chi connectivity index (χ4v) is 4.07. The Morgan fingerprint density at radius 1 is 1.16 bits per heavy atom. The van der Waals surface area contributed by atoms with E-state index in [9.17, 15) is 37.1 Å². The Bertz CT molecular complexity index is 1460. The molecule has 2 unspecified atom stereocenters. The van der Waals surface area contributed by atoms with E-state index >= 15 is 0 Å². The highest BCUT2D eigenvalue weighted by atomic mass is 19.3. The second-order valence-electron chi connectivity index (χ2n) is 9.00. The van der Waals surface area contributed by atoms with Crippen molar-refractivity contribution < 1.29 is 32.2 Å². The van der Waals surface area contributed by atoms with Crippen LogP contribution in [0, 0.1) is 11.8 Å². The number of anilines is 3. The van der Waals surface area contributed by atoms with Gasteiger partial charge in [-0.2, -0.15) is 4.39 Å². The van der Waals surface area contributed by atoms with Crippen molar-refractivity contribution in [2.75, 3.05) is 31.3 Å². The average molecular weight is 523 g/mol. The third-order valence-electron chi connectivity index (χ3n) is 5.94. The number of hydrogen-bond acceptors (Lipinski definition) is 9. The molecule has 14 heteroatoms. The van der Waals surface area contributed by atoms with Crippen LogP contribution in [-0.4, -0.2) is 58.1 Å². The molecule has 1 aromatic carbocycles. The van der Waals surface area contributed by atoms with Gasteiger partial charge in [0.15, 0.2) is 11.4 Å². The van der Waals surface area contributed by atoms with E-state index in [4.69, 9.17) is 4.74 Å². The van der Waals surface area contributed by atoms with Gasteiger partial charge in [0.2, 0.25) is 5.95 Å². The summed E-state index contributed by atoms with van der Waals surface area (Å²) in [7, 11) is 2.86. The van der Waals surface area contributed by atoms with Crippen LogP contribution in [0.25, 0.3) is 0 Å². The van der Waals surface area contributed by atoms with Crippen LogP contribution in [0.3, 0.4) is 0 Å². The first kappa shape index (κ1) is 26.0. The van der Waals surface area contributed by atoms with Crippen LogP contribution in [-0.2, 0) is 4.74 Å². The van der Waals surface area contributed by atoms with Crippen LogP contribution in [0.15, 0.2) is 34.0 Å². The van der Waals surface area contributed by atoms with Gasteiger partial charge in [-0.25, -0.2) is 23.1 Å². The number of amides is 1. The van der Waals surface area contributed by atoms with Crippen molar-refractivity contribution >= 4 is 23.0 Å². The summed E-state index contributed by atoms with van der Waals surface area (Å²) < 4.78 is 62.0. The summed E-state index contributed by atoms with van der Waals surface area (Å²) in [5, 5.41) is 15.5. The largest absolute Gasteiger partial charge is 0.504 e. The Hall–Kier alpha value is -4.07. The first-order valence-corrected chi connectivity index (χ1v) is 10.8. The summed E-state index contributed by atoms with van der Waals surface area (Å²) in [6.45, 7) is 0.202. The molecule has 1 saturated heterocycles. The SMILES string of the molecule is CN(C)C(=O)c1nccc(Nc2c(NC(c3nc(F)ccc3F)C3(C)CC(F)(F)CO3)c(=O)c2=O)c1O. The Morgan fingerprint density at radius 2 is 1.84 bits per heavy atom. The van der Waals surface area contributed by atoms with E-state index in [1.807, 2.05) is 0 Å². The average Bonchev–Trinajstić information content (AvgIpc) is 3.13. The van der Waals surface area contributed by atoms with Gasteiger partial charge in [0.05, 0.1) is 11.3 Å². The molecule has 0 bridgehead atoms. The summed E-state index contributed by atoms with van der Waals surface area (Å²) in [4.78, 5) is 45.5. The molecule has 1 aliphatic rings. The lowest BCUT2D eigenvalue weighted by molar-refractivity contribution is -0.0250. The topological polar surface area (TPSA) is 134 Å². The Balaban J connectivity index is 1.74. The minimum Gasteiger partial charge on any atom is -0.504 e. The zero-order chi connectivity index (χ0) is 27.3. The standard InChI is InChI=1S/C23H21F4N5O5/c1-22(8-23(26,27)9-37-22)20(13-10(24)4-5-12(25)30-13)31-15-14(18(34)19(15)35)29-11-6-7-28-16(17(11)33)21(36)32(2)3/h4-7,20,31,33H,8-9H2,1-3H3,(H,28,29). The highest BCUT2D eigenvalue weighted by molar-refractivity contribution is 5.97. The summed E-state index contributed by atoms with van der Waals surface area (Å²) in [6, 6.07) is 1.06. The Morgan fingerprint density at radius 3 is 2.46 bits per heavy atom. The van der Waals surface area contributed by atoms with Crippen molar-refractivity contribution in [3.8, 4) is 5.75 Å². The Labute approximate surface area is 206 Å². The fourth-order valence-electron chi connectivity index (χ4n) is 4.07. The van der Waals surface area contributed by atoms with Gasteiger partial charge in [-0.05, 0) is 25.1 Å². The van der Waals surface area contributed by atoms with Gasteiger partial charge in [0.1, 0.15) is 35.5 Å². The molecular weight excluding hydrogens is 502 g/mol. The summed E-state index contributed by atoms with van der Waals surface area (Å²) in [5.74, 6) is -6.75. The molecule has 0 spiro atoms. The molecule has 4 rings (SSSR count). The lowest BCUT2D eigenvalue weighted by atomic mass is 9.88. The number of rotatable bonds is 7. The van der Waals surface area contributed by atoms with Crippen molar-refractivity contribution in [1.82, 2.24) is 14.9 Å². The summed E-state index contributed by atoms with van der Waals surface area (Å²) in [6.07, 6.45) is 0.246. The maximum Gasteiger partial charge on any atom is 0.275 e. The first-order chi connectivity index (χ1) is 17.2. The number of halogens is 4. The van der Waals surface area contributed by atoms with Gasteiger partial charge in [-0.1, -0.05) is 0 Å². The zero-order valence-electron chi connectivity index (χ0n) is 19.7. The van der Waals surface area contributed by atoms with Crippen LogP contribution in [0.4, 0.5) is 34.6 Å². The van der Waals surface area contributed by atoms with E-state index in [0.717, 1.165) is 17.0 Å². The van der Waals surface area contributed by atoms with E-state index in [1.54, 1.807) is 0 Å². The summed E-state index contributed by atoms with van der Waals surface area (Å²) in [5.41, 5.74) is -6.04. The second-order valence-corrected chi connectivity index (χ2v) is 9.00. The Kier molecular flexibility index (Phi) is 6.40. The number of aromatic hydroxyl groups is 1. The highest BCUT2D eigenvalue weighted by Crippen LogP contribution is 2.46. The molecule has 0 saturated carbocycles. The third kappa shape index (κ3) is 4.71. The smallest absolute Gasteiger partial charge is 0.275 e. The first-order valence-electron chi connectivity index (χ1n) is 10.8. The molecule has 2 atom stereocenters. The molecule has 0 radical (unpaired) electrons. The van der Waals surface area contributed by atoms with Crippen molar-refractivity contribution in [3.05, 3.63) is 68.0 Å². The number of pyridine rings is 2. The molecule has 3 N–H and O–H groups in total. The van der Waals surface area contributed by atoms with E-state index < -0.39 is 81.9 Å². The summed E-state index contributed by atoms with van der Waals surface area (Å²) >= 11 is 0. The molecule has 3 heterocycles. The normalized spacial score (nSPS) is 19.5. The predicted molar refractivity (Wildman–Crippen MR) is 123 cm³/mol. The van der Waals surface area contributed by atoms with Gasteiger partial charge in [-0.15, -0.1) is 0 Å². The number of nitrogens with one attached hydrogen (secondary N) is 2. The molecule has 0 aliphatic carbocycles. The fraction of sp³-hybridized carbons (Fsp3) is 0.348. The van der Waals surface area contributed by atoms with E-state index in [-0.39, 0.29) is 11.4 Å². The van der Waals surface area contributed by atoms with Gasteiger partial charge in [0, 0.05) is 26.7 Å². The zero-order valence-corrected chi connectivity index (χ0v) is 19.7. The molecular formula is C23H21F4N5O5. The van der Waals surface area contributed by atoms with Crippen molar-refractivity contribution in [3.63, 3.8) is 0 Å². The van der Waals surface area contributed by atoms with Gasteiger partial charge in [-0.3, -0.25) is 14.4 Å². The van der Waals surface area contributed by atoms with E-state index in [2.05, 4.69) is 20.6 Å². The number of carbonyl (C=O) groups excluding carboxylic acids is 1. The van der Waals surface area contributed by atoms with Crippen molar-refractivity contribution in [2.24, 2.45) is 0 Å². The molecule has 1 fully saturated rings. The maximum atomic E-state index is 14.7. The number of ether oxygens (including phenoxy) is 1. The van der Waals surface area contributed by atoms with Crippen molar-refractivity contribution in [2.45, 2.75) is 30.9 Å². The molecule has 2 aromatic heterocycles. The molecule has 1 aliphatic heterocycles. The van der Waals surface area contributed by atoms with E-state index in [1.165, 1.54) is 33.3 Å². The lowest BCUT2D eigenvalue weighted by Gasteiger charge is -2.34. The molecule has 10 nitrogen and oxygen atoms in total. The number of hydrogen-bond donors (Lipinski definition) is 3. The molecule has 3 aromatic rings. The van der Waals surface area contributed by atoms with Gasteiger partial charge < -0.3 is 25.4 Å². The minimum atomic E-state index is -3.30. The number of nitrogens with zero attached hydrogens (tertiary/aromatic N) is 3. The minimum absolute atomic E-state index is 0.170. The van der Waals surface area contributed by atoms with Crippen LogP contribution >= 0.6 is 0 Å². The second kappa shape index (κ2) is 9.10. The third-order valence-corrected chi connectivity index (χ3v) is 5.94. The number of carbonyl (C=O) groups is 1. The van der Waals surface area contributed by atoms with Crippen LogP contribution in [0.5, 0.6) is 5.75 Å². The van der Waals surface area contributed by atoms with Gasteiger partial charge >= 0.3 is 0 Å². The lowest BCUT2D eigenvalue weighted by Crippen LogP contribution is -2.44. The number of aromatic nitrogens is 2. The van der Waals surface area contributed by atoms with Gasteiger partial charge in [0.25, 0.3) is 22.7 Å². The van der Waals surface area contributed by atoms with Crippen molar-refractivity contribution in [1.29, 1.82) is 0 Å². The highest BCUT2D eigenvalue weighted by Gasteiger charge is 2.54. The van der Waals surface area contributed by atoms with Crippen LogP contribution in [0.2, 0.25) is 0 Å². The predicted octanol–water partition coefficient (Wildman–Crippen LogP) is 2.47. The molecule has 37 heavy (non-hydrogen) atoms. The quantitative estimate of drug-likeness (QED) is 0.243. The van der Waals surface area contributed by atoms with Crippen LogP contribution < -0.4 is 21.5 Å². The number of alkyl halides is 2. The maximum absolute atomic E-state index is 14.7. The molecule has 1 amide bonds. The molecule has 196 valence electrons. The van der Waals surface area contributed by atoms with E-state index in [0.29, 0.717) is 0 Å². The van der Waals surface area contributed by atoms with Crippen LogP contribution in [0.1, 0.15) is 35.6 Å².